The highest BCUT2D eigenvalue weighted by atomic mass is 127. The van der Waals surface area contributed by atoms with E-state index in [1.54, 1.807) is 13.8 Å². The van der Waals surface area contributed by atoms with Gasteiger partial charge >= 0.3 is 7.60 Å². The summed E-state index contributed by atoms with van der Waals surface area (Å²) in [5.41, 5.74) is -0.389. The van der Waals surface area contributed by atoms with E-state index in [-0.39, 0.29) is 5.60 Å². The maximum absolute atomic E-state index is 12.5. The molecule has 0 aromatic rings. The number of ether oxygens (including phenoxy) is 1. The Balaban J connectivity index is 3.06. The number of halogens is 1. The van der Waals surface area contributed by atoms with Crippen molar-refractivity contribution in [3.63, 3.8) is 0 Å². The van der Waals surface area contributed by atoms with Gasteiger partial charge in [0.15, 0.2) is 0 Å². The summed E-state index contributed by atoms with van der Waals surface area (Å²) in [5.74, 6) is 0. The second-order valence-corrected chi connectivity index (χ2v) is 7.02. The van der Waals surface area contributed by atoms with Gasteiger partial charge in [-0.25, -0.2) is 0 Å². The average Bonchev–Trinajstić information content (AvgIpc) is 2.43. The molecule has 0 saturated heterocycles. The van der Waals surface area contributed by atoms with Crippen LogP contribution in [-0.2, 0) is 18.3 Å². The molecule has 0 aliphatic carbocycles. The largest absolute Gasteiger partial charge is 0.365 e. The van der Waals surface area contributed by atoms with Crippen LogP contribution in [0.2, 0.25) is 0 Å². The summed E-state index contributed by atoms with van der Waals surface area (Å²) in [5, 5.41) is 0.668. The fraction of sp³-hybridized carbons (Fsp3) is 0.800. The molecular formula is C10H18IO4P. The second-order valence-electron chi connectivity index (χ2n) is 3.89. The molecule has 1 aliphatic rings. The van der Waals surface area contributed by atoms with Crippen molar-refractivity contribution in [3.8, 4) is 0 Å². The molecule has 6 heteroatoms. The maximum atomic E-state index is 12.5. The number of rotatable bonds is 5. The van der Waals surface area contributed by atoms with E-state index in [0.29, 0.717) is 25.1 Å². The molecule has 0 radical (unpaired) electrons. The van der Waals surface area contributed by atoms with E-state index in [1.807, 2.05) is 13.8 Å². The minimum absolute atomic E-state index is 0.322. The molecule has 0 spiro atoms. The summed E-state index contributed by atoms with van der Waals surface area (Å²) < 4.78 is 29.7. The predicted molar refractivity (Wildman–Crippen MR) is 71.9 cm³/mol. The van der Waals surface area contributed by atoms with E-state index in [0.717, 1.165) is 3.58 Å². The van der Waals surface area contributed by atoms with Crippen LogP contribution < -0.4 is 0 Å². The standard InChI is InChI=1S/C10H18IO4P/c1-5-14-16(12,15-6-2)8-7-13-10(3,4)9(8)11/h5-7H2,1-4H3. The molecule has 1 rings (SSSR count). The molecule has 0 amide bonds. The van der Waals surface area contributed by atoms with Crippen LogP contribution >= 0.6 is 30.2 Å². The van der Waals surface area contributed by atoms with Crippen LogP contribution in [0.3, 0.4) is 0 Å². The monoisotopic (exact) mass is 360 g/mol. The molecule has 94 valence electrons. The van der Waals surface area contributed by atoms with Crippen LogP contribution in [-0.4, -0.2) is 25.4 Å². The van der Waals surface area contributed by atoms with E-state index >= 15 is 0 Å². The molecule has 0 aromatic carbocycles. The maximum Gasteiger partial charge on any atom is 0.360 e. The summed E-state index contributed by atoms with van der Waals surface area (Å²) in [7, 11) is -3.16. The lowest BCUT2D eigenvalue weighted by molar-refractivity contribution is 0.0548. The summed E-state index contributed by atoms with van der Waals surface area (Å²) in [4.78, 5) is 0. The van der Waals surface area contributed by atoms with Gasteiger partial charge in [0, 0.05) is 3.58 Å². The smallest absolute Gasteiger partial charge is 0.360 e. The number of hydrogen-bond donors (Lipinski definition) is 0. The fourth-order valence-corrected chi connectivity index (χ4v) is 4.45. The summed E-state index contributed by atoms with van der Waals surface area (Å²) in [6.07, 6.45) is 0. The molecule has 0 unspecified atom stereocenters. The van der Waals surface area contributed by atoms with Crippen molar-refractivity contribution in [3.05, 3.63) is 8.89 Å². The van der Waals surface area contributed by atoms with Crippen LogP contribution in [0.4, 0.5) is 0 Å². The Bertz CT molecular complexity index is 328. The van der Waals surface area contributed by atoms with Gasteiger partial charge < -0.3 is 13.8 Å². The third-order valence-corrected chi connectivity index (χ3v) is 6.87. The van der Waals surface area contributed by atoms with E-state index < -0.39 is 7.60 Å². The van der Waals surface area contributed by atoms with Gasteiger partial charge in [-0.1, -0.05) is 0 Å². The molecule has 0 saturated carbocycles. The number of hydrogen-bond acceptors (Lipinski definition) is 4. The summed E-state index contributed by atoms with van der Waals surface area (Å²) >= 11 is 2.16. The lowest BCUT2D eigenvalue weighted by Crippen LogP contribution is -2.18. The van der Waals surface area contributed by atoms with E-state index in [9.17, 15) is 4.57 Å². The third-order valence-electron chi connectivity index (χ3n) is 2.28. The van der Waals surface area contributed by atoms with Crippen molar-refractivity contribution in [2.75, 3.05) is 19.8 Å². The highest BCUT2D eigenvalue weighted by molar-refractivity contribution is 14.1. The van der Waals surface area contributed by atoms with Crippen LogP contribution in [0.1, 0.15) is 27.7 Å². The van der Waals surface area contributed by atoms with Gasteiger partial charge in [-0.3, -0.25) is 4.57 Å². The predicted octanol–water partition coefficient (Wildman–Crippen LogP) is 3.71. The van der Waals surface area contributed by atoms with Gasteiger partial charge in [-0.2, -0.15) is 0 Å². The van der Waals surface area contributed by atoms with Crippen molar-refractivity contribution in [1.29, 1.82) is 0 Å². The van der Waals surface area contributed by atoms with Crippen molar-refractivity contribution < 1.29 is 18.3 Å². The lowest BCUT2D eigenvalue weighted by atomic mass is 10.1. The highest BCUT2D eigenvalue weighted by Crippen LogP contribution is 2.61. The first-order valence-electron chi connectivity index (χ1n) is 5.30. The van der Waals surface area contributed by atoms with Crippen LogP contribution in [0, 0.1) is 0 Å². The van der Waals surface area contributed by atoms with Gasteiger partial charge in [-0.15, -0.1) is 0 Å². The summed E-state index contributed by atoms with van der Waals surface area (Å²) in [6.45, 7) is 8.56. The van der Waals surface area contributed by atoms with E-state index in [4.69, 9.17) is 13.8 Å². The zero-order valence-corrected chi connectivity index (χ0v) is 13.1. The highest BCUT2D eigenvalue weighted by Gasteiger charge is 2.42. The molecule has 0 fully saturated rings. The molecule has 4 nitrogen and oxygen atoms in total. The van der Waals surface area contributed by atoms with E-state index in [1.165, 1.54) is 0 Å². The second kappa shape index (κ2) is 5.48. The van der Waals surface area contributed by atoms with Gasteiger partial charge in [0.2, 0.25) is 0 Å². The molecule has 0 N–H and O–H groups in total. The zero-order chi connectivity index (χ0) is 12.4. The van der Waals surface area contributed by atoms with Gasteiger partial charge in [0.25, 0.3) is 0 Å². The molecule has 1 aliphatic heterocycles. The Hall–Kier alpha value is 0.580. The van der Waals surface area contributed by atoms with Gasteiger partial charge in [0.1, 0.15) is 0 Å². The van der Waals surface area contributed by atoms with Crippen molar-refractivity contribution in [2.24, 2.45) is 0 Å². The molecular weight excluding hydrogens is 342 g/mol. The topological polar surface area (TPSA) is 44.8 Å². The van der Waals surface area contributed by atoms with Gasteiger partial charge in [0.05, 0.1) is 30.7 Å². The van der Waals surface area contributed by atoms with Crippen LogP contribution in [0.15, 0.2) is 8.89 Å². The van der Waals surface area contributed by atoms with Gasteiger partial charge in [-0.05, 0) is 50.3 Å². The van der Waals surface area contributed by atoms with Crippen molar-refractivity contribution >= 4 is 30.2 Å². The minimum atomic E-state index is -3.16. The fourth-order valence-electron chi connectivity index (χ4n) is 1.46. The Morgan fingerprint density at radius 1 is 1.38 bits per heavy atom. The Labute approximate surface area is 110 Å². The van der Waals surface area contributed by atoms with Crippen molar-refractivity contribution in [1.82, 2.24) is 0 Å². The summed E-state index contributed by atoms with van der Waals surface area (Å²) in [6, 6.07) is 0. The average molecular weight is 360 g/mol. The SMILES string of the molecule is CCOP(=O)(OCC)C1=C(I)C(C)(C)OC1. The minimum Gasteiger partial charge on any atom is -0.365 e. The molecule has 0 bridgehead atoms. The first-order chi connectivity index (χ1) is 7.37. The van der Waals surface area contributed by atoms with Crippen molar-refractivity contribution in [2.45, 2.75) is 33.3 Å². The molecule has 0 atom stereocenters. The third kappa shape index (κ3) is 2.88. The lowest BCUT2D eigenvalue weighted by Gasteiger charge is -2.19. The Kier molecular flexibility index (Phi) is 5.02. The van der Waals surface area contributed by atoms with Crippen LogP contribution in [0.5, 0.6) is 0 Å². The Morgan fingerprint density at radius 2 is 1.88 bits per heavy atom. The Morgan fingerprint density at radius 3 is 2.19 bits per heavy atom. The normalized spacial score (nSPS) is 20.6. The van der Waals surface area contributed by atoms with Crippen LogP contribution in [0.25, 0.3) is 0 Å². The molecule has 16 heavy (non-hydrogen) atoms. The quantitative estimate of drug-likeness (QED) is 0.554. The zero-order valence-electron chi connectivity index (χ0n) is 10.1. The first kappa shape index (κ1) is 14.6. The molecule has 1 heterocycles. The molecule has 0 aromatic heterocycles. The van der Waals surface area contributed by atoms with E-state index in [2.05, 4.69) is 22.6 Å². The first-order valence-corrected chi connectivity index (χ1v) is 7.92.